The molecule has 1 heterocycles. The van der Waals surface area contributed by atoms with Crippen LogP contribution in [0, 0.1) is 11.3 Å². The first-order valence-corrected chi connectivity index (χ1v) is 8.19. The number of nitriles is 1. The Kier molecular flexibility index (Phi) is 4.56. The van der Waals surface area contributed by atoms with E-state index in [1.54, 1.807) is 17.0 Å². The summed E-state index contributed by atoms with van der Waals surface area (Å²) < 4.78 is 0.568. The van der Waals surface area contributed by atoms with Crippen LogP contribution in [0.5, 0.6) is 0 Å². The Balaban J connectivity index is 1.80. The zero-order valence-electron chi connectivity index (χ0n) is 12.1. The van der Waals surface area contributed by atoms with E-state index in [1.807, 2.05) is 48.5 Å². The van der Waals surface area contributed by atoms with Crippen molar-refractivity contribution in [2.24, 2.45) is 0 Å². The van der Waals surface area contributed by atoms with Crippen molar-refractivity contribution >= 4 is 40.3 Å². The smallest absolute Gasteiger partial charge is 0.266 e. The highest BCUT2D eigenvalue weighted by Gasteiger charge is 2.31. The number of hydrogen-bond acceptors (Lipinski definition) is 4. The third-order valence-corrected chi connectivity index (χ3v) is 4.77. The monoisotopic (exact) mass is 336 g/mol. The van der Waals surface area contributed by atoms with E-state index in [-0.39, 0.29) is 5.91 Å². The minimum atomic E-state index is -0.0757. The molecule has 0 spiro atoms. The zero-order chi connectivity index (χ0) is 16.2. The maximum absolute atomic E-state index is 12.5. The Hall–Kier alpha value is -2.42. The highest BCUT2D eigenvalue weighted by Crippen LogP contribution is 2.33. The fourth-order valence-corrected chi connectivity index (χ4v) is 3.46. The molecule has 0 N–H and O–H groups in total. The highest BCUT2D eigenvalue weighted by atomic mass is 32.2. The molecule has 1 fully saturated rings. The largest absolute Gasteiger partial charge is 0.288 e. The fourth-order valence-electron chi connectivity index (χ4n) is 2.21. The second-order valence-electron chi connectivity index (χ2n) is 4.99. The van der Waals surface area contributed by atoms with Gasteiger partial charge in [-0.2, -0.15) is 5.26 Å². The third-order valence-electron chi connectivity index (χ3n) is 3.39. The Bertz CT molecular complexity index is 820. The normalized spacial score (nSPS) is 16.0. The van der Waals surface area contributed by atoms with E-state index >= 15 is 0 Å². The number of carbonyl (C=O) groups is 1. The molecule has 2 aromatic rings. The molecule has 112 valence electrons. The SMILES string of the molecule is N#Cc1ccc(C=C2SC(=S)N(Cc3ccccc3)C2=O)cc1. The summed E-state index contributed by atoms with van der Waals surface area (Å²) in [5, 5.41) is 8.82. The van der Waals surface area contributed by atoms with Crippen LogP contribution >= 0.6 is 24.0 Å². The van der Waals surface area contributed by atoms with Crippen LogP contribution in [0.3, 0.4) is 0 Å². The molecule has 2 aromatic carbocycles. The average molecular weight is 336 g/mol. The molecule has 0 radical (unpaired) electrons. The molecule has 5 heteroatoms. The fraction of sp³-hybridized carbons (Fsp3) is 0.0556. The van der Waals surface area contributed by atoms with Gasteiger partial charge in [-0.15, -0.1) is 0 Å². The molecule has 1 aliphatic heterocycles. The van der Waals surface area contributed by atoms with Crippen molar-refractivity contribution in [1.29, 1.82) is 5.26 Å². The van der Waals surface area contributed by atoms with E-state index in [2.05, 4.69) is 6.07 Å². The van der Waals surface area contributed by atoms with E-state index in [0.29, 0.717) is 21.3 Å². The third kappa shape index (κ3) is 3.50. The molecule has 0 aromatic heterocycles. The lowest BCUT2D eigenvalue weighted by molar-refractivity contribution is -0.122. The topological polar surface area (TPSA) is 44.1 Å². The lowest BCUT2D eigenvalue weighted by atomic mass is 10.1. The van der Waals surface area contributed by atoms with Gasteiger partial charge in [0.15, 0.2) is 0 Å². The van der Waals surface area contributed by atoms with Crippen LogP contribution in [0.25, 0.3) is 6.08 Å². The summed E-state index contributed by atoms with van der Waals surface area (Å²) in [5.74, 6) is -0.0757. The van der Waals surface area contributed by atoms with Crippen LogP contribution in [0.1, 0.15) is 16.7 Å². The number of carbonyl (C=O) groups excluding carboxylic acids is 1. The van der Waals surface area contributed by atoms with Crippen molar-refractivity contribution in [3.05, 3.63) is 76.2 Å². The van der Waals surface area contributed by atoms with Crippen LogP contribution in [0.15, 0.2) is 59.5 Å². The van der Waals surface area contributed by atoms with Crippen LogP contribution < -0.4 is 0 Å². The Morgan fingerprint density at radius 3 is 2.48 bits per heavy atom. The number of amides is 1. The number of rotatable bonds is 3. The van der Waals surface area contributed by atoms with Gasteiger partial charge in [0.05, 0.1) is 23.1 Å². The lowest BCUT2D eigenvalue weighted by Gasteiger charge is -2.14. The van der Waals surface area contributed by atoms with Crippen molar-refractivity contribution < 1.29 is 4.79 Å². The summed E-state index contributed by atoms with van der Waals surface area (Å²) in [6, 6.07) is 19.0. The molecular weight excluding hydrogens is 324 g/mol. The second kappa shape index (κ2) is 6.78. The average Bonchev–Trinajstić information content (AvgIpc) is 2.84. The molecule has 1 saturated heterocycles. The van der Waals surface area contributed by atoms with Crippen LogP contribution in [0.4, 0.5) is 0 Å². The standard InChI is InChI=1S/C18H12N2OS2/c19-11-14-8-6-13(7-9-14)10-16-17(21)20(18(22)23-16)12-15-4-2-1-3-5-15/h1-10H,12H2. The quantitative estimate of drug-likeness (QED) is 0.629. The predicted molar refractivity (Wildman–Crippen MR) is 96.3 cm³/mol. The van der Waals surface area contributed by atoms with Crippen LogP contribution in [-0.2, 0) is 11.3 Å². The van der Waals surface area contributed by atoms with Gasteiger partial charge in [-0.25, -0.2) is 0 Å². The van der Waals surface area contributed by atoms with Crippen molar-refractivity contribution in [1.82, 2.24) is 4.90 Å². The molecule has 1 aliphatic rings. The molecule has 23 heavy (non-hydrogen) atoms. The summed E-state index contributed by atoms with van der Waals surface area (Å²) in [7, 11) is 0. The molecule has 0 unspecified atom stereocenters. The summed E-state index contributed by atoms with van der Waals surface area (Å²) in [5.41, 5.74) is 2.52. The Morgan fingerprint density at radius 2 is 1.83 bits per heavy atom. The summed E-state index contributed by atoms with van der Waals surface area (Å²) in [6.07, 6.45) is 1.81. The van der Waals surface area contributed by atoms with E-state index in [1.165, 1.54) is 11.8 Å². The van der Waals surface area contributed by atoms with Gasteiger partial charge in [-0.1, -0.05) is 66.4 Å². The number of thiocarbonyl (C=S) groups is 1. The van der Waals surface area contributed by atoms with Gasteiger partial charge < -0.3 is 0 Å². The summed E-state index contributed by atoms with van der Waals surface area (Å²) in [4.78, 5) is 14.8. The van der Waals surface area contributed by atoms with Crippen LogP contribution in [-0.4, -0.2) is 15.1 Å². The van der Waals surface area contributed by atoms with Crippen molar-refractivity contribution in [3.63, 3.8) is 0 Å². The zero-order valence-corrected chi connectivity index (χ0v) is 13.7. The van der Waals surface area contributed by atoms with Crippen molar-refractivity contribution in [3.8, 4) is 6.07 Å². The number of benzene rings is 2. The van der Waals surface area contributed by atoms with Gasteiger partial charge in [-0.3, -0.25) is 9.69 Å². The summed E-state index contributed by atoms with van der Waals surface area (Å²) in [6.45, 7) is 0.482. The molecular formula is C18H12N2OS2. The van der Waals surface area contributed by atoms with Gasteiger partial charge >= 0.3 is 0 Å². The van der Waals surface area contributed by atoms with Crippen molar-refractivity contribution in [2.45, 2.75) is 6.54 Å². The van der Waals surface area contributed by atoms with E-state index in [9.17, 15) is 4.79 Å². The lowest BCUT2D eigenvalue weighted by Crippen LogP contribution is -2.27. The van der Waals surface area contributed by atoms with E-state index in [0.717, 1.165) is 11.1 Å². The minimum absolute atomic E-state index is 0.0757. The molecule has 0 bridgehead atoms. The first-order valence-electron chi connectivity index (χ1n) is 6.97. The number of nitrogens with zero attached hydrogens (tertiary/aromatic N) is 2. The highest BCUT2D eigenvalue weighted by molar-refractivity contribution is 8.26. The molecule has 0 atom stereocenters. The minimum Gasteiger partial charge on any atom is -0.288 e. The van der Waals surface area contributed by atoms with Gasteiger partial charge in [0.2, 0.25) is 0 Å². The maximum Gasteiger partial charge on any atom is 0.266 e. The second-order valence-corrected chi connectivity index (χ2v) is 6.66. The predicted octanol–water partition coefficient (Wildman–Crippen LogP) is 3.96. The van der Waals surface area contributed by atoms with Gasteiger partial charge in [0.25, 0.3) is 5.91 Å². The van der Waals surface area contributed by atoms with Crippen LogP contribution in [0.2, 0.25) is 0 Å². The first kappa shape index (κ1) is 15.5. The van der Waals surface area contributed by atoms with E-state index in [4.69, 9.17) is 17.5 Å². The van der Waals surface area contributed by atoms with Gasteiger partial charge in [0, 0.05) is 0 Å². The maximum atomic E-state index is 12.5. The van der Waals surface area contributed by atoms with E-state index < -0.39 is 0 Å². The number of hydrogen-bond donors (Lipinski definition) is 0. The molecule has 0 saturated carbocycles. The molecule has 3 nitrogen and oxygen atoms in total. The van der Waals surface area contributed by atoms with Gasteiger partial charge in [-0.05, 0) is 29.3 Å². The Morgan fingerprint density at radius 1 is 1.13 bits per heavy atom. The first-order chi connectivity index (χ1) is 11.2. The molecule has 1 amide bonds. The molecule has 3 rings (SSSR count). The number of thioether (sulfide) groups is 1. The van der Waals surface area contributed by atoms with Gasteiger partial charge in [0.1, 0.15) is 4.32 Å². The van der Waals surface area contributed by atoms with Crippen molar-refractivity contribution in [2.75, 3.05) is 0 Å². The Labute approximate surface area is 144 Å². The summed E-state index contributed by atoms with van der Waals surface area (Å²) >= 11 is 6.64. The molecule has 0 aliphatic carbocycles.